The standard InChI is InChI=1S/C19H14N2O6S/c22-13-4-1-11(2-5-13)7-16-18(24)21(19(25)28-16)9-17(23)20-12-3-6-14-15(8-12)27-10-26-14/h1-8,22H,9-10H2,(H,20,23)/b16-7+. The van der Waals surface area contributed by atoms with Gasteiger partial charge in [-0.15, -0.1) is 0 Å². The minimum atomic E-state index is -0.538. The SMILES string of the molecule is O=C(CN1C(=O)S/C(=C/c2ccc(O)cc2)C1=O)Nc1ccc2c(c1)OCO2. The lowest BCUT2D eigenvalue weighted by atomic mass is 10.2. The molecule has 0 saturated carbocycles. The van der Waals surface area contributed by atoms with Crippen LogP contribution >= 0.6 is 11.8 Å². The summed E-state index contributed by atoms with van der Waals surface area (Å²) in [5, 5.41) is 11.4. The van der Waals surface area contributed by atoms with Crippen molar-refractivity contribution in [2.75, 3.05) is 18.7 Å². The Morgan fingerprint density at radius 2 is 1.89 bits per heavy atom. The van der Waals surface area contributed by atoms with Crippen LogP contribution < -0.4 is 14.8 Å². The van der Waals surface area contributed by atoms with E-state index in [1.54, 1.807) is 36.4 Å². The van der Waals surface area contributed by atoms with Crippen LogP contribution in [0.5, 0.6) is 17.2 Å². The number of benzene rings is 2. The van der Waals surface area contributed by atoms with Crippen LogP contribution in [0.4, 0.5) is 10.5 Å². The van der Waals surface area contributed by atoms with E-state index in [2.05, 4.69) is 5.32 Å². The molecule has 2 aliphatic rings. The van der Waals surface area contributed by atoms with Gasteiger partial charge >= 0.3 is 0 Å². The van der Waals surface area contributed by atoms with Gasteiger partial charge in [0.25, 0.3) is 11.1 Å². The van der Waals surface area contributed by atoms with Crippen LogP contribution in [0.1, 0.15) is 5.56 Å². The summed E-state index contributed by atoms with van der Waals surface area (Å²) >= 11 is 0.765. The van der Waals surface area contributed by atoms with E-state index in [1.807, 2.05) is 0 Å². The van der Waals surface area contributed by atoms with Crippen LogP contribution in [0.3, 0.4) is 0 Å². The Bertz CT molecular complexity index is 1000. The first-order valence-corrected chi connectivity index (χ1v) is 9.05. The van der Waals surface area contributed by atoms with Crippen LogP contribution in [0, 0.1) is 0 Å². The van der Waals surface area contributed by atoms with Gasteiger partial charge in [-0.25, -0.2) is 0 Å². The topological polar surface area (TPSA) is 105 Å². The van der Waals surface area contributed by atoms with E-state index in [1.165, 1.54) is 12.1 Å². The number of phenols is 1. The van der Waals surface area contributed by atoms with E-state index in [-0.39, 0.29) is 17.4 Å². The predicted molar refractivity (Wildman–Crippen MR) is 102 cm³/mol. The van der Waals surface area contributed by atoms with Gasteiger partial charge in [0.15, 0.2) is 11.5 Å². The largest absolute Gasteiger partial charge is 0.508 e. The van der Waals surface area contributed by atoms with Gasteiger partial charge in [-0.1, -0.05) is 12.1 Å². The molecule has 2 aromatic rings. The van der Waals surface area contributed by atoms with Crippen molar-refractivity contribution in [3.63, 3.8) is 0 Å². The second kappa shape index (κ2) is 7.28. The third-order valence-corrected chi connectivity index (χ3v) is 4.93. The van der Waals surface area contributed by atoms with Gasteiger partial charge in [-0.3, -0.25) is 19.3 Å². The lowest BCUT2D eigenvalue weighted by molar-refractivity contribution is -0.127. The number of nitrogens with one attached hydrogen (secondary N) is 1. The Balaban J connectivity index is 1.42. The number of anilines is 1. The summed E-state index contributed by atoms with van der Waals surface area (Å²) in [4.78, 5) is 38.0. The Labute approximate surface area is 163 Å². The fraction of sp³-hybridized carbons (Fsp3) is 0.105. The second-order valence-electron chi connectivity index (χ2n) is 5.98. The van der Waals surface area contributed by atoms with Gasteiger partial charge in [0.2, 0.25) is 12.7 Å². The fourth-order valence-electron chi connectivity index (χ4n) is 2.68. The zero-order valence-corrected chi connectivity index (χ0v) is 15.2. The van der Waals surface area contributed by atoms with Gasteiger partial charge in [0, 0.05) is 11.8 Å². The van der Waals surface area contributed by atoms with Crippen LogP contribution in [-0.2, 0) is 9.59 Å². The maximum Gasteiger partial charge on any atom is 0.294 e. The molecule has 0 aromatic heterocycles. The number of carbonyl (C=O) groups is 3. The number of carbonyl (C=O) groups excluding carboxylic acids is 3. The Hall–Kier alpha value is -3.46. The van der Waals surface area contributed by atoms with Gasteiger partial charge in [0.05, 0.1) is 4.91 Å². The highest BCUT2D eigenvalue weighted by Gasteiger charge is 2.36. The summed E-state index contributed by atoms with van der Waals surface area (Å²) in [5.41, 5.74) is 1.13. The van der Waals surface area contributed by atoms with Crippen LogP contribution in [-0.4, -0.2) is 40.4 Å². The zero-order chi connectivity index (χ0) is 19.7. The lowest BCUT2D eigenvalue weighted by Crippen LogP contribution is -2.36. The average molecular weight is 398 g/mol. The number of fused-ring (bicyclic) bond motifs is 1. The first-order valence-electron chi connectivity index (χ1n) is 8.23. The number of amides is 3. The summed E-state index contributed by atoms with van der Waals surface area (Å²) in [6.07, 6.45) is 1.54. The van der Waals surface area contributed by atoms with Crippen LogP contribution in [0.2, 0.25) is 0 Å². The molecule has 142 valence electrons. The molecule has 0 unspecified atom stereocenters. The number of thioether (sulfide) groups is 1. The van der Waals surface area contributed by atoms with E-state index < -0.39 is 23.6 Å². The average Bonchev–Trinajstić information content (AvgIpc) is 3.23. The molecule has 0 atom stereocenters. The third kappa shape index (κ3) is 3.65. The van der Waals surface area contributed by atoms with E-state index >= 15 is 0 Å². The van der Waals surface area contributed by atoms with E-state index in [9.17, 15) is 19.5 Å². The molecule has 2 aliphatic heterocycles. The summed E-state index contributed by atoms with van der Waals surface area (Å²) in [5.74, 6) is 0.158. The smallest absolute Gasteiger partial charge is 0.294 e. The zero-order valence-electron chi connectivity index (χ0n) is 14.4. The highest BCUT2D eigenvalue weighted by atomic mass is 32.2. The van der Waals surface area contributed by atoms with Gasteiger partial charge in [0.1, 0.15) is 12.3 Å². The highest BCUT2D eigenvalue weighted by Crippen LogP contribution is 2.35. The molecule has 9 heteroatoms. The summed E-state index contributed by atoms with van der Waals surface area (Å²) in [6, 6.07) is 11.1. The number of hydrogen-bond acceptors (Lipinski definition) is 7. The minimum Gasteiger partial charge on any atom is -0.508 e. The van der Waals surface area contributed by atoms with Crippen molar-refractivity contribution in [1.29, 1.82) is 0 Å². The van der Waals surface area contributed by atoms with E-state index in [0.717, 1.165) is 16.7 Å². The molecule has 0 spiro atoms. The number of nitrogens with zero attached hydrogens (tertiary/aromatic N) is 1. The Morgan fingerprint density at radius 3 is 2.68 bits per heavy atom. The summed E-state index contributed by atoms with van der Waals surface area (Å²) < 4.78 is 10.5. The maximum atomic E-state index is 12.5. The van der Waals surface area contributed by atoms with Gasteiger partial charge in [-0.2, -0.15) is 0 Å². The fourth-order valence-corrected chi connectivity index (χ4v) is 3.51. The molecule has 0 radical (unpaired) electrons. The summed E-state index contributed by atoms with van der Waals surface area (Å²) in [7, 11) is 0. The van der Waals surface area contributed by atoms with E-state index in [4.69, 9.17) is 9.47 Å². The molecule has 4 rings (SSSR count). The van der Waals surface area contributed by atoms with Crippen molar-refractivity contribution in [3.8, 4) is 17.2 Å². The molecule has 28 heavy (non-hydrogen) atoms. The predicted octanol–water partition coefficient (Wildman–Crippen LogP) is 2.80. The molecular formula is C19H14N2O6S. The number of aromatic hydroxyl groups is 1. The molecule has 3 amide bonds. The molecule has 2 N–H and O–H groups in total. The van der Waals surface area contributed by atoms with Crippen molar-refractivity contribution in [2.45, 2.75) is 0 Å². The monoisotopic (exact) mass is 398 g/mol. The first kappa shape index (κ1) is 17.9. The lowest BCUT2D eigenvalue weighted by Gasteiger charge is -2.12. The van der Waals surface area contributed by atoms with Crippen molar-refractivity contribution in [1.82, 2.24) is 4.90 Å². The Kier molecular flexibility index (Phi) is 4.66. The molecular weight excluding hydrogens is 384 g/mol. The second-order valence-corrected chi connectivity index (χ2v) is 6.97. The number of rotatable bonds is 4. The van der Waals surface area contributed by atoms with Crippen molar-refractivity contribution in [2.24, 2.45) is 0 Å². The van der Waals surface area contributed by atoms with E-state index in [0.29, 0.717) is 22.7 Å². The molecule has 0 bridgehead atoms. The molecule has 8 nitrogen and oxygen atoms in total. The molecule has 2 aromatic carbocycles. The van der Waals surface area contributed by atoms with Gasteiger partial charge in [-0.05, 0) is 47.7 Å². The van der Waals surface area contributed by atoms with Crippen molar-refractivity contribution >= 4 is 40.6 Å². The van der Waals surface area contributed by atoms with Crippen molar-refractivity contribution in [3.05, 3.63) is 52.9 Å². The molecule has 1 fully saturated rings. The third-order valence-electron chi connectivity index (χ3n) is 4.02. The van der Waals surface area contributed by atoms with Crippen LogP contribution in [0.15, 0.2) is 47.4 Å². The molecule has 2 heterocycles. The molecule has 0 aliphatic carbocycles. The number of hydrogen-bond donors (Lipinski definition) is 2. The first-order chi connectivity index (χ1) is 13.5. The quantitative estimate of drug-likeness (QED) is 0.763. The highest BCUT2D eigenvalue weighted by molar-refractivity contribution is 8.18. The molecule has 1 saturated heterocycles. The maximum absolute atomic E-state index is 12.5. The minimum absolute atomic E-state index is 0.102. The number of phenolic OH excluding ortho intramolecular Hbond substituents is 1. The Morgan fingerprint density at radius 1 is 1.14 bits per heavy atom. The van der Waals surface area contributed by atoms with Gasteiger partial charge < -0.3 is 19.9 Å². The van der Waals surface area contributed by atoms with Crippen LogP contribution in [0.25, 0.3) is 6.08 Å². The van der Waals surface area contributed by atoms with Crippen molar-refractivity contribution < 1.29 is 29.0 Å². The number of ether oxygens (including phenoxy) is 2. The number of imide groups is 1. The summed E-state index contributed by atoms with van der Waals surface area (Å²) in [6.45, 7) is -0.275. The normalized spacial score (nSPS) is 16.7.